The van der Waals surface area contributed by atoms with Crippen molar-refractivity contribution in [2.45, 2.75) is 50.6 Å². The number of carbonyl (C=O) groups excluding carboxylic acids is 2. The molecule has 0 saturated heterocycles. The monoisotopic (exact) mass is 468 g/mol. The highest BCUT2D eigenvalue weighted by Gasteiger charge is 2.34. The number of carboxylic acid groups (broad SMARTS) is 1. The topological polar surface area (TPSA) is 114 Å². The third kappa shape index (κ3) is 5.94. The molecular weight excluding hydrogens is 436 g/mol. The second kappa shape index (κ2) is 11.2. The lowest BCUT2D eigenvalue weighted by Gasteiger charge is -2.25. The molecule has 0 aromatic heterocycles. The average molecular weight is 469 g/mol. The number of carbonyl (C=O) groups is 3. The van der Waals surface area contributed by atoms with Crippen LogP contribution in [0.15, 0.2) is 48.5 Å². The predicted octanol–water partition coefficient (Wildman–Crippen LogP) is 3.69. The van der Waals surface area contributed by atoms with Gasteiger partial charge in [0.2, 0.25) is 5.91 Å². The van der Waals surface area contributed by atoms with Crippen LogP contribution in [0.4, 0.5) is 4.79 Å². The number of methoxy groups -OCH3 is 1. The Balaban J connectivity index is 1.44. The zero-order valence-corrected chi connectivity index (χ0v) is 19.8. The minimum atomic E-state index is -1.48. The predicted molar refractivity (Wildman–Crippen MR) is 128 cm³/mol. The van der Waals surface area contributed by atoms with Crippen LogP contribution in [0, 0.1) is 0 Å². The van der Waals surface area contributed by atoms with E-state index >= 15 is 0 Å². The van der Waals surface area contributed by atoms with Gasteiger partial charge in [0.1, 0.15) is 6.61 Å². The molecule has 0 bridgehead atoms. The zero-order chi connectivity index (χ0) is 24.7. The molecule has 34 heavy (non-hydrogen) atoms. The number of ether oxygens (including phenoxy) is 2. The van der Waals surface area contributed by atoms with Gasteiger partial charge >= 0.3 is 12.1 Å². The van der Waals surface area contributed by atoms with Crippen molar-refractivity contribution >= 4 is 18.0 Å². The summed E-state index contributed by atoms with van der Waals surface area (Å²) in [5.41, 5.74) is 3.16. The van der Waals surface area contributed by atoms with E-state index in [1.165, 1.54) is 25.2 Å². The van der Waals surface area contributed by atoms with E-state index in [9.17, 15) is 19.5 Å². The quantitative estimate of drug-likeness (QED) is 0.464. The Labute approximate surface area is 199 Å². The van der Waals surface area contributed by atoms with Crippen molar-refractivity contribution in [3.05, 3.63) is 59.7 Å². The summed E-state index contributed by atoms with van der Waals surface area (Å²) < 4.78 is 10.4. The number of carboxylic acids is 1. The highest BCUT2D eigenvalue weighted by atomic mass is 16.5. The Kier molecular flexibility index (Phi) is 8.28. The Bertz CT molecular complexity index is 994. The number of hydrogen-bond acceptors (Lipinski definition) is 5. The number of aliphatic carboxylic acids is 1. The van der Waals surface area contributed by atoms with Gasteiger partial charge in [-0.25, -0.2) is 9.59 Å². The third-order valence-electron chi connectivity index (χ3n) is 6.07. The van der Waals surface area contributed by atoms with Crippen LogP contribution in [0.25, 0.3) is 11.1 Å². The maximum absolute atomic E-state index is 12.4. The molecular formula is C26H32N2O6. The summed E-state index contributed by atoms with van der Waals surface area (Å²) >= 11 is 0. The van der Waals surface area contributed by atoms with Crippen molar-refractivity contribution in [1.82, 2.24) is 10.6 Å². The number of benzene rings is 2. The molecule has 1 aliphatic rings. The van der Waals surface area contributed by atoms with Crippen LogP contribution in [0.5, 0.6) is 0 Å². The molecule has 0 spiro atoms. The molecule has 1 aliphatic carbocycles. The van der Waals surface area contributed by atoms with Gasteiger partial charge in [0, 0.05) is 25.5 Å². The molecule has 2 atom stereocenters. The largest absolute Gasteiger partial charge is 0.479 e. The first-order chi connectivity index (χ1) is 16.2. The van der Waals surface area contributed by atoms with Gasteiger partial charge in [0.25, 0.3) is 0 Å². The summed E-state index contributed by atoms with van der Waals surface area (Å²) in [4.78, 5) is 35.9. The van der Waals surface area contributed by atoms with E-state index in [4.69, 9.17) is 9.47 Å². The first-order valence-corrected chi connectivity index (χ1v) is 11.4. The van der Waals surface area contributed by atoms with E-state index in [0.29, 0.717) is 12.8 Å². The van der Waals surface area contributed by atoms with Gasteiger partial charge < -0.3 is 25.2 Å². The van der Waals surface area contributed by atoms with Crippen molar-refractivity contribution < 1.29 is 29.0 Å². The molecule has 0 heterocycles. The van der Waals surface area contributed by atoms with E-state index in [2.05, 4.69) is 34.9 Å². The summed E-state index contributed by atoms with van der Waals surface area (Å²) in [6.07, 6.45) is 0.672. The fourth-order valence-electron chi connectivity index (χ4n) is 4.29. The first kappa shape index (κ1) is 25.2. The van der Waals surface area contributed by atoms with Crippen LogP contribution in [-0.4, -0.2) is 55.0 Å². The maximum atomic E-state index is 12.4. The molecule has 2 aromatic rings. The fourth-order valence-corrected chi connectivity index (χ4v) is 4.29. The molecule has 0 radical (unpaired) electrons. The summed E-state index contributed by atoms with van der Waals surface area (Å²) in [5, 5.41) is 14.6. The SMILES string of the molecule is COCC(C)(NC(=O)CCCC(C)NC(=O)OCC1c2ccccc2-c2ccccc21)C(=O)O. The minimum Gasteiger partial charge on any atom is -0.479 e. The van der Waals surface area contributed by atoms with Crippen molar-refractivity contribution in [1.29, 1.82) is 0 Å². The number of fused-ring (bicyclic) bond motifs is 3. The second-order valence-electron chi connectivity index (χ2n) is 8.88. The smallest absolute Gasteiger partial charge is 0.407 e. The fraction of sp³-hybridized carbons (Fsp3) is 0.423. The lowest BCUT2D eigenvalue weighted by Crippen LogP contribution is -2.55. The molecule has 2 aromatic carbocycles. The molecule has 3 N–H and O–H groups in total. The van der Waals surface area contributed by atoms with Crippen LogP contribution < -0.4 is 10.6 Å². The first-order valence-electron chi connectivity index (χ1n) is 11.4. The van der Waals surface area contributed by atoms with Crippen LogP contribution >= 0.6 is 0 Å². The molecule has 0 aliphatic heterocycles. The average Bonchev–Trinajstić information content (AvgIpc) is 3.11. The normalized spacial score (nSPS) is 14.9. The van der Waals surface area contributed by atoms with Crippen LogP contribution in [0.3, 0.4) is 0 Å². The van der Waals surface area contributed by atoms with Crippen molar-refractivity contribution in [3.8, 4) is 11.1 Å². The van der Waals surface area contributed by atoms with Crippen molar-refractivity contribution in [3.63, 3.8) is 0 Å². The number of hydrogen-bond donors (Lipinski definition) is 3. The van der Waals surface area contributed by atoms with Gasteiger partial charge in [-0.2, -0.15) is 0 Å². The van der Waals surface area contributed by atoms with E-state index in [1.807, 2.05) is 31.2 Å². The molecule has 0 fully saturated rings. The van der Waals surface area contributed by atoms with Gasteiger partial charge in [-0.3, -0.25) is 4.79 Å². The van der Waals surface area contributed by atoms with Crippen LogP contribution in [0.2, 0.25) is 0 Å². The number of alkyl carbamates (subject to hydrolysis) is 1. The molecule has 182 valence electrons. The van der Waals surface area contributed by atoms with Crippen molar-refractivity contribution in [2.24, 2.45) is 0 Å². The Morgan fingerprint density at radius 2 is 1.65 bits per heavy atom. The van der Waals surface area contributed by atoms with Gasteiger partial charge in [0.15, 0.2) is 5.54 Å². The minimum absolute atomic E-state index is 0.00667. The maximum Gasteiger partial charge on any atom is 0.407 e. The molecule has 2 amide bonds. The van der Waals surface area contributed by atoms with Gasteiger partial charge in [-0.1, -0.05) is 48.5 Å². The Hall–Kier alpha value is -3.39. The van der Waals surface area contributed by atoms with E-state index in [0.717, 1.165) is 11.1 Å². The number of rotatable bonds is 11. The highest BCUT2D eigenvalue weighted by molar-refractivity contribution is 5.86. The number of amides is 2. The van der Waals surface area contributed by atoms with Crippen LogP contribution in [0.1, 0.15) is 50.2 Å². The number of nitrogens with one attached hydrogen (secondary N) is 2. The lowest BCUT2D eigenvalue weighted by molar-refractivity contribution is -0.149. The van der Waals surface area contributed by atoms with Gasteiger partial charge in [-0.15, -0.1) is 0 Å². The van der Waals surface area contributed by atoms with Crippen molar-refractivity contribution in [2.75, 3.05) is 20.3 Å². The summed E-state index contributed by atoms with van der Waals surface area (Å²) in [6.45, 7) is 3.35. The third-order valence-corrected chi connectivity index (χ3v) is 6.07. The lowest BCUT2D eigenvalue weighted by atomic mass is 9.98. The highest BCUT2D eigenvalue weighted by Crippen LogP contribution is 2.44. The standard InChI is InChI=1S/C26H32N2O6/c1-17(9-8-14-23(29)28-26(2,16-33-3)24(30)31)27-25(32)34-15-22-20-12-6-4-10-18(20)19-11-5-7-13-21(19)22/h4-7,10-13,17,22H,8-9,14-16H2,1-3H3,(H,27,32)(H,28,29)(H,30,31). The molecule has 2 unspecified atom stereocenters. The summed E-state index contributed by atoms with van der Waals surface area (Å²) in [6, 6.07) is 16.1. The molecule has 3 rings (SSSR count). The molecule has 0 saturated carbocycles. The van der Waals surface area contributed by atoms with E-state index in [1.54, 1.807) is 0 Å². The van der Waals surface area contributed by atoms with Gasteiger partial charge in [-0.05, 0) is 48.9 Å². The van der Waals surface area contributed by atoms with E-state index < -0.39 is 17.6 Å². The zero-order valence-electron chi connectivity index (χ0n) is 19.8. The second-order valence-corrected chi connectivity index (χ2v) is 8.88. The van der Waals surface area contributed by atoms with Gasteiger partial charge in [0.05, 0.1) is 6.61 Å². The Morgan fingerprint density at radius 3 is 2.21 bits per heavy atom. The summed E-state index contributed by atoms with van der Waals surface area (Å²) in [7, 11) is 1.38. The van der Waals surface area contributed by atoms with E-state index in [-0.39, 0.29) is 37.5 Å². The molecule has 8 heteroatoms. The molecule has 8 nitrogen and oxygen atoms in total. The summed E-state index contributed by atoms with van der Waals surface area (Å²) in [5.74, 6) is -1.55. The van der Waals surface area contributed by atoms with Crippen LogP contribution in [-0.2, 0) is 19.1 Å². The Morgan fingerprint density at radius 1 is 1.06 bits per heavy atom.